The second-order valence-corrected chi connectivity index (χ2v) is 12.4. The lowest BCUT2D eigenvalue weighted by molar-refractivity contribution is 0.0956. The topological polar surface area (TPSA) is 104 Å². The minimum atomic E-state index is -0.631. The van der Waals surface area contributed by atoms with Crippen molar-refractivity contribution >= 4 is 22.7 Å². The van der Waals surface area contributed by atoms with E-state index in [0.29, 0.717) is 45.3 Å². The maximum atomic E-state index is 16.8. The first kappa shape index (κ1) is 31.8. The highest BCUT2D eigenvalue weighted by atomic mass is 19.1. The largest absolute Gasteiger partial charge is 0.496 e. The first-order chi connectivity index (χ1) is 23.7. The molecule has 9 heteroatoms. The Kier molecular flexibility index (Phi) is 8.20. The number of rotatable bonds is 10. The van der Waals surface area contributed by atoms with Gasteiger partial charge in [-0.15, -0.1) is 0 Å². The summed E-state index contributed by atoms with van der Waals surface area (Å²) in [6.45, 7) is 3.84. The summed E-state index contributed by atoms with van der Waals surface area (Å²) in [6.07, 6.45) is 5.19. The van der Waals surface area contributed by atoms with Crippen LogP contribution in [0.25, 0.3) is 33.4 Å². The van der Waals surface area contributed by atoms with Crippen molar-refractivity contribution < 1.29 is 27.9 Å². The number of hydrogen-bond acceptors (Lipinski definition) is 7. The Balaban J connectivity index is 1.27. The van der Waals surface area contributed by atoms with Gasteiger partial charge in [-0.05, 0) is 105 Å². The van der Waals surface area contributed by atoms with Gasteiger partial charge in [-0.1, -0.05) is 17.7 Å². The van der Waals surface area contributed by atoms with Gasteiger partial charge in [0.1, 0.15) is 40.2 Å². The summed E-state index contributed by atoms with van der Waals surface area (Å²) in [5, 5.41) is 2.68. The highest BCUT2D eigenvalue weighted by molar-refractivity contribution is 6.12. The summed E-state index contributed by atoms with van der Waals surface area (Å²) in [7, 11) is 3.00. The molecule has 0 atom stereocenters. The summed E-state index contributed by atoms with van der Waals surface area (Å²) in [4.78, 5) is 36.0. The fourth-order valence-electron chi connectivity index (χ4n) is 6.28. The quantitative estimate of drug-likeness (QED) is 0.147. The third-order valence-electron chi connectivity index (χ3n) is 9.15. The summed E-state index contributed by atoms with van der Waals surface area (Å²) in [5.74, 6) is 1.31. The highest BCUT2D eigenvalue weighted by Crippen LogP contribution is 2.50. The van der Waals surface area contributed by atoms with E-state index in [9.17, 15) is 9.59 Å². The molecule has 1 amide bonds. The molecule has 0 radical (unpaired) electrons. The maximum absolute atomic E-state index is 16.8. The molecule has 0 unspecified atom stereocenters. The minimum absolute atomic E-state index is 0.0492. The number of carbonyl (C=O) groups excluding carboxylic acids is 2. The van der Waals surface area contributed by atoms with E-state index >= 15 is 4.39 Å². The monoisotopic (exact) mass is 655 g/mol. The van der Waals surface area contributed by atoms with Crippen LogP contribution in [0.5, 0.6) is 17.2 Å². The van der Waals surface area contributed by atoms with Crippen LogP contribution in [-0.2, 0) is 5.41 Å². The summed E-state index contributed by atoms with van der Waals surface area (Å²) >= 11 is 0. The molecule has 246 valence electrons. The molecule has 0 aliphatic heterocycles. The predicted octanol–water partition coefficient (Wildman–Crippen LogP) is 8.78. The van der Waals surface area contributed by atoms with Crippen LogP contribution in [0.1, 0.15) is 56.9 Å². The summed E-state index contributed by atoms with van der Waals surface area (Å²) in [6, 6.07) is 23.2. The smallest absolute Gasteiger partial charge is 0.255 e. The van der Waals surface area contributed by atoms with Gasteiger partial charge in [0.2, 0.25) is 0 Å². The molecule has 1 aliphatic carbocycles. The van der Waals surface area contributed by atoms with Gasteiger partial charge in [0.25, 0.3) is 5.91 Å². The maximum Gasteiger partial charge on any atom is 0.255 e. The van der Waals surface area contributed by atoms with Crippen LogP contribution in [0.4, 0.5) is 4.39 Å². The van der Waals surface area contributed by atoms with Crippen LogP contribution in [-0.4, -0.2) is 35.8 Å². The fourth-order valence-corrected chi connectivity index (χ4v) is 6.28. The Morgan fingerprint density at radius 2 is 1.59 bits per heavy atom. The number of ether oxygens (including phenoxy) is 2. The van der Waals surface area contributed by atoms with Gasteiger partial charge in [0.15, 0.2) is 5.78 Å². The Morgan fingerprint density at radius 1 is 0.918 bits per heavy atom. The number of hydrogen-bond donors (Lipinski definition) is 1. The number of fused-ring (bicyclic) bond motifs is 1. The zero-order chi connectivity index (χ0) is 34.3. The number of halogens is 1. The van der Waals surface area contributed by atoms with Gasteiger partial charge in [-0.25, -0.2) is 14.4 Å². The Hall–Kier alpha value is -5.83. The van der Waals surface area contributed by atoms with Crippen molar-refractivity contribution in [2.24, 2.45) is 0 Å². The molecule has 1 saturated carbocycles. The van der Waals surface area contributed by atoms with Gasteiger partial charge < -0.3 is 19.2 Å². The van der Waals surface area contributed by atoms with Crippen molar-refractivity contribution in [3.63, 3.8) is 0 Å². The van der Waals surface area contributed by atoms with Gasteiger partial charge >= 0.3 is 0 Å². The molecule has 8 nitrogen and oxygen atoms in total. The van der Waals surface area contributed by atoms with Crippen LogP contribution in [0, 0.1) is 19.7 Å². The molecular weight excluding hydrogens is 621 g/mol. The van der Waals surface area contributed by atoms with Crippen molar-refractivity contribution in [1.82, 2.24) is 15.3 Å². The lowest BCUT2D eigenvalue weighted by Crippen LogP contribution is -2.18. The normalized spacial score (nSPS) is 13.2. The van der Waals surface area contributed by atoms with E-state index in [2.05, 4.69) is 15.3 Å². The molecule has 0 saturated heterocycles. The van der Waals surface area contributed by atoms with Crippen molar-refractivity contribution in [2.45, 2.75) is 38.5 Å². The summed E-state index contributed by atoms with van der Waals surface area (Å²) < 4.78 is 34.5. The van der Waals surface area contributed by atoms with E-state index in [4.69, 9.17) is 13.9 Å². The number of carbonyl (C=O) groups is 2. The van der Waals surface area contributed by atoms with Gasteiger partial charge in [-0.2, -0.15) is 0 Å². The fraction of sp³-hybridized carbons (Fsp3) is 0.200. The highest BCUT2D eigenvalue weighted by Gasteiger charge is 2.48. The second kappa shape index (κ2) is 12.6. The van der Waals surface area contributed by atoms with Crippen LogP contribution in [0.15, 0.2) is 95.7 Å². The second-order valence-electron chi connectivity index (χ2n) is 12.4. The van der Waals surface area contributed by atoms with E-state index in [-0.39, 0.29) is 40.1 Å². The van der Waals surface area contributed by atoms with Crippen LogP contribution < -0.4 is 14.8 Å². The van der Waals surface area contributed by atoms with Crippen LogP contribution in [0.3, 0.4) is 0 Å². The number of methoxy groups -OCH3 is 1. The first-order valence-corrected chi connectivity index (χ1v) is 16.0. The molecule has 0 bridgehead atoms. The molecule has 7 rings (SSSR count). The Morgan fingerprint density at radius 3 is 2.22 bits per heavy atom. The zero-order valence-corrected chi connectivity index (χ0v) is 27.6. The molecular formula is C40H34FN3O5. The van der Waals surface area contributed by atoms with Gasteiger partial charge in [0.05, 0.1) is 23.6 Å². The number of benzene rings is 4. The molecule has 1 fully saturated rings. The number of nitrogens with one attached hydrogen (secondary N) is 1. The Bertz CT molecular complexity index is 2210. The van der Waals surface area contributed by atoms with E-state index in [1.54, 1.807) is 67.0 Å². The molecule has 0 spiro atoms. The van der Waals surface area contributed by atoms with E-state index < -0.39 is 17.1 Å². The van der Waals surface area contributed by atoms with Crippen molar-refractivity contribution in [1.29, 1.82) is 0 Å². The third kappa shape index (κ3) is 5.92. The number of nitrogens with zero attached hydrogens (tertiary/aromatic N) is 2. The molecule has 2 heterocycles. The molecule has 6 aromatic rings. The molecule has 1 aliphatic rings. The molecule has 4 aromatic carbocycles. The number of aromatic nitrogens is 2. The third-order valence-corrected chi connectivity index (χ3v) is 9.15. The zero-order valence-electron chi connectivity index (χ0n) is 27.6. The van der Waals surface area contributed by atoms with Crippen molar-refractivity contribution in [2.75, 3.05) is 14.2 Å². The number of ketones is 1. The lowest BCUT2D eigenvalue weighted by atomic mass is 9.90. The van der Waals surface area contributed by atoms with Crippen molar-refractivity contribution in [3.05, 3.63) is 125 Å². The predicted molar refractivity (Wildman–Crippen MR) is 185 cm³/mol. The molecule has 49 heavy (non-hydrogen) atoms. The van der Waals surface area contributed by atoms with Crippen LogP contribution >= 0.6 is 0 Å². The lowest BCUT2D eigenvalue weighted by Gasteiger charge is -2.17. The summed E-state index contributed by atoms with van der Waals surface area (Å²) in [5.41, 5.74) is 3.37. The van der Waals surface area contributed by atoms with E-state index in [1.807, 2.05) is 38.1 Å². The average Bonchev–Trinajstić information content (AvgIpc) is 3.80. The number of amides is 1. The first-order valence-electron chi connectivity index (χ1n) is 16.0. The van der Waals surface area contributed by atoms with E-state index in [1.165, 1.54) is 14.2 Å². The standard InChI is InChI=1S/C40H34FN3O5/c1-23-6-10-26(11-7-23)48-27-12-8-25(9-13-27)37-35(38(46)42-3)34-32(49-37)15-14-28(36(34)41)29-21-30(33(47-4)20-24(29)2)31(45)22-40(16-17-40)39-43-18-5-19-44-39/h5-15,18-21H,16-17,22H2,1-4H3,(H,42,46). The molecule has 1 N–H and O–H groups in total. The number of aryl methyl sites for hydroxylation is 2. The SMILES string of the molecule is CNC(=O)c1c(-c2ccc(Oc3ccc(C)cc3)cc2)oc2ccc(-c3cc(C(=O)CC4(c5ncccn5)CC4)c(OC)cc3C)c(F)c12. The minimum Gasteiger partial charge on any atom is -0.496 e. The van der Waals surface area contributed by atoms with Crippen LogP contribution in [0.2, 0.25) is 0 Å². The Labute approximate surface area is 282 Å². The van der Waals surface area contributed by atoms with E-state index in [0.717, 1.165) is 18.4 Å². The number of Topliss-reactive ketones (excluding diaryl/α,β-unsaturated/α-hetero) is 1. The average molecular weight is 656 g/mol. The van der Waals surface area contributed by atoms with Gasteiger partial charge in [-0.3, -0.25) is 9.59 Å². The van der Waals surface area contributed by atoms with Crippen molar-refractivity contribution in [3.8, 4) is 39.7 Å². The molecule has 2 aromatic heterocycles. The number of furan rings is 1. The van der Waals surface area contributed by atoms with Gasteiger partial charge in [0, 0.05) is 42.4 Å².